The van der Waals surface area contributed by atoms with Crippen molar-refractivity contribution in [2.24, 2.45) is 11.7 Å². The van der Waals surface area contributed by atoms with E-state index in [0.717, 1.165) is 13.0 Å². The summed E-state index contributed by atoms with van der Waals surface area (Å²) in [6.07, 6.45) is 6.40. The highest BCUT2D eigenvalue weighted by molar-refractivity contribution is 5.93. The fourth-order valence-corrected chi connectivity index (χ4v) is 2.96. The number of carbonyl (C=O) groups is 3. The smallest absolute Gasteiger partial charge is 0.227 e. The zero-order valence-corrected chi connectivity index (χ0v) is 14.7. The Hall–Kier alpha value is -2.22. The maximum absolute atomic E-state index is 12.9. The van der Waals surface area contributed by atoms with Crippen LogP contribution >= 0.6 is 0 Å². The molecule has 2 unspecified atom stereocenters. The molecular weight excluding hydrogens is 322 g/mol. The van der Waals surface area contributed by atoms with Crippen LogP contribution in [0.1, 0.15) is 45.0 Å². The van der Waals surface area contributed by atoms with E-state index in [-0.39, 0.29) is 30.7 Å². The average molecular weight is 348 g/mol. The third kappa shape index (κ3) is 4.88. The first-order valence-electron chi connectivity index (χ1n) is 8.59. The molecule has 1 aromatic heterocycles. The Morgan fingerprint density at radius 3 is 2.88 bits per heavy atom. The summed E-state index contributed by atoms with van der Waals surface area (Å²) in [5.74, 6) is -0.562. The van der Waals surface area contributed by atoms with E-state index in [1.54, 1.807) is 24.2 Å². The monoisotopic (exact) mass is 348 g/mol. The van der Waals surface area contributed by atoms with Gasteiger partial charge in [0.2, 0.25) is 11.8 Å². The summed E-state index contributed by atoms with van der Waals surface area (Å²) in [5, 5.41) is 3.08. The van der Waals surface area contributed by atoms with E-state index in [2.05, 4.69) is 15.3 Å². The lowest BCUT2D eigenvalue weighted by Gasteiger charge is -2.34. The fourth-order valence-electron chi connectivity index (χ4n) is 2.96. The number of rotatable bonds is 7. The number of ketones is 1. The molecule has 1 aromatic rings. The third-order valence-electron chi connectivity index (χ3n) is 4.56. The standard InChI is InChI=1S/C17H26N5O3/c1-11(16(18)25)5-6-15(24)22(12(2)17-20-8-9-21-17)13-4-3-7-19-10-14(13)23/h6,8-9,11-13,19H,3-5,7,10H2,1-2H3,(H2,18,25)(H,20,21)/t11?,12?,13-/m0/s1. The summed E-state index contributed by atoms with van der Waals surface area (Å²) in [6, 6.07) is -0.891. The van der Waals surface area contributed by atoms with Crippen LogP contribution in [-0.2, 0) is 14.4 Å². The Morgan fingerprint density at radius 1 is 1.48 bits per heavy atom. The normalized spacial score (nSPS) is 20.6. The van der Waals surface area contributed by atoms with Crippen LogP contribution in [-0.4, -0.2) is 51.6 Å². The van der Waals surface area contributed by atoms with Crippen molar-refractivity contribution in [1.82, 2.24) is 20.2 Å². The van der Waals surface area contributed by atoms with Gasteiger partial charge in [-0.05, 0) is 32.7 Å². The highest BCUT2D eigenvalue weighted by atomic mass is 16.2. The molecular formula is C17H26N5O3. The predicted octanol–water partition coefficient (Wildman–Crippen LogP) is 0.336. The lowest BCUT2D eigenvalue weighted by atomic mass is 10.00. The van der Waals surface area contributed by atoms with Crippen molar-refractivity contribution >= 4 is 17.6 Å². The van der Waals surface area contributed by atoms with Crippen LogP contribution in [0.4, 0.5) is 0 Å². The van der Waals surface area contributed by atoms with E-state index in [9.17, 15) is 14.4 Å². The topological polar surface area (TPSA) is 121 Å². The molecule has 3 atom stereocenters. The number of nitrogens with zero attached hydrogens (tertiary/aromatic N) is 2. The predicted molar refractivity (Wildman–Crippen MR) is 92.0 cm³/mol. The van der Waals surface area contributed by atoms with Gasteiger partial charge in [-0.2, -0.15) is 0 Å². The van der Waals surface area contributed by atoms with Crippen molar-refractivity contribution in [3.05, 3.63) is 24.6 Å². The second-order valence-electron chi connectivity index (χ2n) is 6.44. The second kappa shape index (κ2) is 8.75. The largest absolute Gasteiger partial charge is 0.369 e. The van der Waals surface area contributed by atoms with Crippen LogP contribution in [0, 0.1) is 12.3 Å². The van der Waals surface area contributed by atoms with Crippen LogP contribution in [0.15, 0.2) is 12.4 Å². The van der Waals surface area contributed by atoms with E-state index in [0.29, 0.717) is 12.2 Å². The number of hydrogen-bond acceptors (Lipinski definition) is 5. The molecule has 8 heteroatoms. The Kier molecular flexibility index (Phi) is 6.69. The lowest BCUT2D eigenvalue weighted by Crippen LogP contribution is -2.48. The SMILES string of the molecule is CC(C[CH]C(=O)N(C(C)c1ncc[nH]1)[C@H]1CCCNCC1=O)C(N)=O. The molecule has 2 heterocycles. The zero-order chi connectivity index (χ0) is 18.4. The average Bonchev–Trinajstić information content (AvgIpc) is 3.04. The molecule has 1 radical (unpaired) electrons. The van der Waals surface area contributed by atoms with E-state index >= 15 is 0 Å². The third-order valence-corrected chi connectivity index (χ3v) is 4.56. The number of imidazole rings is 1. The number of H-pyrrole nitrogens is 1. The van der Waals surface area contributed by atoms with Gasteiger partial charge in [0.25, 0.3) is 0 Å². The van der Waals surface area contributed by atoms with Gasteiger partial charge in [0, 0.05) is 18.3 Å². The fraction of sp³-hybridized carbons (Fsp3) is 0.588. The first-order chi connectivity index (χ1) is 11.9. The minimum atomic E-state index is -0.511. The van der Waals surface area contributed by atoms with E-state index in [1.165, 1.54) is 6.42 Å². The van der Waals surface area contributed by atoms with Crippen LogP contribution in [0.3, 0.4) is 0 Å². The van der Waals surface area contributed by atoms with Crippen LogP contribution in [0.2, 0.25) is 0 Å². The molecule has 0 spiro atoms. The molecule has 2 amide bonds. The van der Waals surface area contributed by atoms with Crippen LogP contribution in [0.5, 0.6) is 0 Å². The first-order valence-corrected chi connectivity index (χ1v) is 8.59. The summed E-state index contributed by atoms with van der Waals surface area (Å²) in [6.45, 7) is 4.51. The summed E-state index contributed by atoms with van der Waals surface area (Å²) >= 11 is 0. The van der Waals surface area contributed by atoms with Crippen LogP contribution in [0.25, 0.3) is 0 Å². The Morgan fingerprint density at radius 2 is 2.24 bits per heavy atom. The van der Waals surface area contributed by atoms with Crippen molar-refractivity contribution in [2.75, 3.05) is 13.1 Å². The van der Waals surface area contributed by atoms with Crippen molar-refractivity contribution in [3.8, 4) is 0 Å². The van der Waals surface area contributed by atoms with Crippen molar-refractivity contribution in [1.29, 1.82) is 0 Å². The maximum atomic E-state index is 12.9. The molecule has 0 saturated carbocycles. The molecule has 0 aromatic carbocycles. The van der Waals surface area contributed by atoms with Gasteiger partial charge in [-0.15, -0.1) is 0 Å². The molecule has 137 valence electrons. The Bertz CT molecular complexity index is 601. The van der Waals surface area contributed by atoms with E-state index < -0.39 is 17.9 Å². The van der Waals surface area contributed by atoms with E-state index in [4.69, 9.17) is 5.73 Å². The van der Waals surface area contributed by atoms with Gasteiger partial charge in [-0.1, -0.05) is 6.92 Å². The highest BCUT2D eigenvalue weighted by Crippen LogP contribution is 2.25. The molecule has 1 fully saturated rings. The molecule has 0 aliphatic carbocycles. The van der Waals surface area contributed by atoms with Crippen LogP contribution < -0.4 is 11.1 Å². The minimum absolute atomic E-state index is 0.0133. The molecule has 0 bridgehead atoms. The van der Waals surface area contributed by atoms with Gasteiger partial charge >= 0.3 is 0 Å². The Balaban J connectivity index is 2.20. The number of aromatic nitrogens is 2. The molecule has 4 N–H and O–H groups in total. The summed E-state index contributed by atoms with van der Waals surface area (Å²) in [4.78, 5) is 45.4. The number of amides is 2. The van der Waals surface area contributed by atoms with Gasteiger partial charge < -0.3 is 20.9 Å². The summed E-state index contributed by atoms with van der Waals surface area (Å²) < 4.78 is 0. The van der Waals surface area contributed by atoms with Gasteiger partial charge in [-0.25, -0.2) is 4.98 Å². The van der Waals surface area contributed by atoms with Gasteiger partial charge in [0.15, 0.2) is 5.78 Å². The van der Waals surface area contributed by atoms with Gasteiger partial charge in [-0.3, -0.25) is 14.4 Å². The summed E-state index contributed by atoms with van der Waals surface area (Å²) in [5.41, 5.74) is 5.26. The number of nitrogens with one attached hydrogen (secondary N) is 2. The number of hydrogen-bond donors (Lipinski definition) is 3. The zero-order valence-electron chi connectivity index (χ0n) is 14.7. The number of primary amides is 1. The van der Waals surface area contributed by atoms with Gasteiger partial charge in [0.05, 0.1) is 25.0 Å². The van der Waals surface area contributed by atoms with Crippen molar-refractivity contribution in [3.63, 3.8) is 0 Å². The molecule has 8 nitrogen and oxygen atoms in total. The lowest BCUT2D eigenvalue weighted by molar-refractivity contribution is -0.139. The highest BCUT2D eigenvalue weighted by Gasteiger charge is 2.35. The van der Waals surface area contributed by atoms with Crippen molar-refractivity contribution < 1.29 is 14.4 Å². The van der Waals surface area contributed by atoms with Gasteiger partial charge in [0.1, 0.15) is 5.82 Å². The summed E-state index contributed by atoms with van der Waals surface area (Å²) in [7, 11) is 0. The molecule has 1 aliphatic heterocycles. The first kappa shape index (κ1) is 19.1. The number of aromatic amines is 1. The number of nitrogens with two attached hydrogens (primary N) is 1. The quantitative estimate of drug-likeness (QED) is 0.656. The Labute approximate surface area is 147 Å². The second-order valence-corrected chi connectivity index (χ2v) is 6.44. The molecule has 1 aliphatic rings. The van der Waals surface area contributed by atoms with Crippen molar-refractivity contribution in [2.45, 2.75) is 45.2 Å². The molecule has 25 heavy (non-hydrogen) atoms. The number of carbonyl (C=O) groups excluding carboxylic acids is 3. The molecule has 1 saturated heterocycles. The molecule has 2 rings (SSSR count). The van der Waals surface area contributed by atoms with E-state index in [1.807, 2.05) is 6.92 Å². The number of Topliss-reactive ketones (excluding diaryl/α,β-unsaturated/α-hetero) is 1. The minimum Gasteiger partial charge on any atom is -0.369 e. The maximum Gasteiger partial charge on any atom is 0.227 e.